The van der Waals surface area contributed by atoms with E-state index >= 15 is 0 Å². The zero-order valence-corrected chi connectivity index (χ0v) is 11.5. The highest BCUT2D eigenvalue weighted by Gasteiger charge is 2.30. The molecule has 1 aromatic carbocycles. The van der Waals surface area contributed by atoms with E-state index in [1.54, 1.807) is 6.92 Å². The van der Waals surface area contributed by atoms with Crippen molar-refractivity contribution in [2.75, 3.05) is 6.54 Å². The Bertz CT molecular complexity index is 473. The number of hydrogen-bond donors (Lipinski definition) is 0. The Morgan fingerprint density at radius 2 is 2.28 bits per heavy atom. The first-order valence-electron chi connectivity index (χ1n) is 6.05. The summed E-state index contributed by atoms with van der Waals surface area (Å²) in [5, 5.41) is 0.213. The quantitative estimate of drug-likeness (QED) is 0.840. The molecule has 96 valence electrons. The van der Waals surface area contributed by atoms with Crippen LogP contribution in [0.25, 0.3) is 0 Å². The molecule has 2 rings (SSSR count). The molecule has 4 heteroatoms. The Balaban J connectivity index is 1.98. The van der Waals surface area contributed by atoms with E-state index in [1.807, 2.05) is 30.0 Å². The van der Waals surface area contributed by atoms with Crippen LogP contribution in [0.15, 0.2) is 24.3 Å². The SMILES string of the molecule is CC(=O)SC1CC(=O)N(Cc2cccc(C)c2)C1. The van der Waals surface area contributed by atoms with Crippen molar-refractivity contribution < 1.29 is 9.59 Å². The molecule has 0 spiro atoms. The van der Waals surface area contributed by atoms with Crippen molar-refractivity contribution in [3.8, 4) is 0 Å². The maximum Gasteiger partial charge on any atom is 0.224 e. The fourth-order valence-corrected chi connectivity index (χ4v) is 3.18. The summed E-state index contributed by atoms with van der Waals surface area (Å²) in [4.78, 5) is 24.7. The molecule has 0 radical (unpaired) electrons. The normalized spacial score (nSPS) is 19.3. The third kappa shape index (κ3) is 3.35. The minimum Gasteiger partial charge on any atom is -0.337 e. The molecule has 1 fully saturated rings. The maximum atomic E-state index is 11.9. The fraction of sp³-hybridized carbons (Fsp3) is 0.429. The van der Waals surface area contributed by atoms with Crippen LogP contribution in [-0.2, 0) is 16.1 Å². The summed E-state index contributed by atoms with van der Waals surface area (Å²) in [5.41, 5.74) is 2.35. The van der Waals surface area contributed by atoms with Crippen molar-refractivity contribution in [3.63, 3.8) is 0 Å². The van der Waals surface area contributed by atoms with Gasteiger partial charge in [-0.1, -0.05) is 41.6 Å². The van der Waals surface area contributed by atoms with E-state index in [1.165, 1.54) is 17.3 Å². The summed E-state index contributed by atoms with van der Waals surface area (Å²) in [7, 11) is 0. The average molecular weight is 263 g/mol. The number of hydrogen-bond acceptors (Lipinski definition) is 3. The van der Waals surface area contributed by atoms with Crippen LogP contribution in [0.3, 0.4) is 0 Å². The van der Waals surface area contributed by atoms with E-state index in [2.05, 4.69) is 6.07 Å². The van der Waals surface area contributed by atoms with Crippen LogP contribution in [0.2, 0.25) is 0 Å². The highest BCUT2D eigenvalue weighted by atomic mass is 32.2. The molecule has 1 aliphatic rings. The number of benzene rings is 1. The van der Waals surface area contributed by atoms with Crippen LogP contribution in [0, 0.1) is 6.92 Å². The number of carbonyl (C=O) groups excluding carboxylic acids is 2. The monoisotopic (exact) mass is 263 g/mol. The Morgan fingerprint density at radius 3 is 2.94 bits per heavy atom. The largest absolute Gasteiger partial charge is 0.337 e. The summed E-state index contributed by atoms with van der Waals surface area (Å²) in [6.45, 7) is 4.93. The van der Waals surface area contributed by atoms with Gasteiger partial charge in [0.05, 0.1) is 0 Å². The van der Waals surface area contributed by atoms with Gasteiger partial charge in [-0.2, -0.15) is 0 Å². The second kappa shape index (κ2) is 5.57. The molecule has 1 aliphatic heterocycles. The van der Waals surface area contributed by atoms with Gasteiger partial charge in [0.15, 0.2) is 5.12 Å². The molecule has 0 bridgehead atoms. The minimum atomic E-state index is 0.0882. The smallest absolute Gasteiger partial charge is 0.224 e. The van der Waals surface area contributed by atoms with Crippen LogP contribution < -0.4 is 0 Å². The van der Waals surface area contributed by atoms with Crippen molar-refractivity contribution >= 4 is 22.8 Å². The number of aryl methyl sites for hydroxylation is 1. The molecule has 0 aromatic heterocycles. The van der Waals surface area contributed by atoms with E-state index in [9.17, 15) is 9.59 Å². The van der Waals surface area contributed by atoms with E-state index in [0.717, 1.165) is 5.56 Å². The summed E-state index contributed by atoms with van der Waals surface area (Å²) in [6.07, 6.45) is 0.482. The number of nitrogens with zero attached hydrogens (tertiary/aromatic N) is 1. The second-order valence-corrected chi connectivity index (χ2v) is 6.18. The number of rotatable bonds is 3. The van der Waals surface area contributed by atoms with Gasteiger partial charge in [0, 0.05) is 31.7 Å². The Hall–Kier alpha value is -1.29. The molecular weight excluding hydrogens is 246 g/mol. The molecule has 1 heterocycles. The van der Waals surface area contributed by atoms with Crippen LogP contribution in [-0.4, -0.2) is 27.7 Å². The van der Waals surface area contributed by atoms with Crippen molar-refractivity contribution in [2.24, 2.45) is 0 Å². The lowest BCUT2D eigenvalue weighted by Gasteiger charge is -2.16. The van der Waals surface area contributed by atoms with Crippen LogP contribution in [0.4, 0.5) is 0 Å². The summed E-state index contributed by atoms with van der Waals surface area (Å²) in [5.74, 6) is 0.148. The maximum absolute atomic E-state index is 11.9. The average Bonchev–Trinajstić information content (AvgIpc) is 2.58. The molecule has 1 saturated heterocycles. The van der Waals surface area contributed by atoms with Gasteiger partial charge in [0.2, 0.25) is 5.91 Å². The van der Waals surface area contributed by atoms with Gasteiger partial charge in [-0.25, -0.2) is 0 Å². The highest BCUT2D eigenvalue weighted by Crippen LogP contribution is 2.25. The Kier molecular flexibility index (Phi) is 4.07. The third-order valence-electron chi connectivity index (χ3n) is 2.97. The van der Waals surface area contributed by atoms with Gasteiger partial charge < -0.3 is 4.90 Å². The molecule has 18 heavy (non-hydrogen) atoms. The highest BCUT2D eigenvalue weighted by molar-refractivity contribution is 8.14. The first-order valence-corrected chi connectivity index (χ1v) is 6.93. The lowest BCUT2D eigenvalue weighted by atomic mass is 10.1. The summed E-state index contributed by atoms with van der Waals surface area (Å²) >= 11 is 1.28. The minimum absolute atomic E-state index is 0.0882. The second-order valence-electron chi connectivity index (χ2n) is 4.70. The zero-order chi connectivity index (χ0) is 13.1. The zero-order valence-electron chi connectivity index (χ0n) is 10.7. The molecule has 0 saturated carbocycles. The van der Waals surface area contributed by atoms with E-state index in [4.69, 9.17) is 0 Å². The number of likely N-dealkylation sites (tertiary alicyclic amines) is 1. The van der Waals surface area contributed by atoms with Gasteiger partial charge in [-0.3, -0.25) is 9.59 Å². The predicted octanol–water partition coefficient (Wildman–Crippen LogP) is 2.38. The van der Waals surface area contributed by atoms with Gasteiger partial charge in [0.1, 0.15) is 0 Å². The molecule has 0 aliphatic carbocycles. The number of carbonyl (C=O) groups is 2. The summed E-state index contributed by atoms with van der Waals surface area (Å²) < 4.78 is 0. The fourth-order valence-electron chi connectivity index (χ4n) is 2.23. The van der Waals surface area contributed by atoms with E-state index < -0.39 is 0 Å². The molecule has 0 N–H and O–H groups in total. The van der Waals surface area contributed by atoms with Gasteiger partial charge >= 0.3 is 0 Å². The Labute approximate surface area is 112 Å². The van der Waals surface area contributed by atoms with Crippen LogP contribution >= 0.6 is 11.8 Å². The van der Waals surface area contributed by atoms with Crippen molar-refractivity contribution in [3.05, 3.63) is 35.4 Å². The Morgan fingerprint density at radius 1 is 1.50 bits per heavy atom. The molecule has 1 unspecified atom stereocenters. The molecule has 1 amide bonds. The van der Waals surface area contributed by atoms with Crippen LogP contribution in [0.1, 0.15) is 24.5 Å². The van der Waals surface area contributed by atoms with Gasteiger partial charge in [-0.15, -0.1) is 0 Å². The van der Waals surface area contributed by atoms with Crippen LogP contribution in [0.5, 0.6) is 0 Å². The first kappa shape index (κ1) is 13.1. The van der Waals surface area contributed by atoms with E-state index in [-0.39, 0.29) is 16.3 Å². The standard InChI is InChI=1S/C14H17NO2S/c1-10-4-3-5-12(6-10)8-15-9-13(7-14(15)17)18-11(2)16/h3-6,13H,7-9H2,1-2H3. The number of thioether (sulfide) groups is 1. The van der Waals surface area contributed by atoms with Crippen molar-refractivity contribution in [1.29, 1.82) is 0 Å². The summed E-state index contributed by atoms with van der Waals surface area (Å²) in [6, 6.07) is 8.18. The molecule has 3 nitrogen and oxygen atoms in total. The van der Waals surface area contributed by atoms with Crippen molar-refractivity contribution in [1.82, 2.24) is 4.90 Å². The first-order chi connectivity index (χ1) is 8.54. The predicted molar refractivity (Wildman–Crippen MR) is 73.3 cm³/mol. The van der Waals surface area contributed by atoms with Gasteiger partial charge in [-0.05, 0) is 12.5 Å². The lowest BCUT2D eigenvalue weighted by Crippen LogP contribution is -2.25. The topological polar surface area (TPSA) is 37.4 Å². The number of amides is 1. The van der Waals surface area contributed by atoms with E-state index in [0.29, 0.717) is 19.5 Å². The van der Waals surface area contributed by atoms with Gasteiger partial charge in [0.25, 0.3) is 0 Å². The third-order valence-corrected chi connectivity index (χ3v) is 3.95. The molecular formula is C14H17NO2S. The molecule has 1 atom stereocenters. The van der Waals surface area contributed by atoms with Crippen molar-refractivity contribution in [2.45, 2.75) is 32.1 Å². The lowest BCUT2D eigenvalue weighted by molar-refractivity contribution is -0.128. The molecule has 1 aromatic rings.